The van der Waals surface area contributed by atoms with Crippen molar-refractivity contribution in [3.63, 3.8) is 0 Å². The van der Waals surface area contributed by atoms with Crippen molar-refractivity contribution in [3.05, 3.63) is 34.4 Å². The van der Waals surface area contributed by atoms with Gasteiger partial charge in [0, 0.05) is 19.0 Å². The zero-order valence-corrected chi connectivity index (χ0v) is 13.2. The molecule has 0 spiro atoms. The highest BCUT2D eigenvalue weighted by atomic mass is 35.5. The molecule has 0 aromatic heterocycles. The maximum Gasteiger partial charge on any atom is 0.0292 e. The summed E-state index contributed by atoms with van der Waals surface area (Å²) in [7, 11) is 0. The Morgan fingerprint density at radius 3 is 2.21 bits per heavy atom. The molecule has 2 heteroatoms. The quantitative estimate of drug-likeness (QED) is 0.783. The topological polar surface area (TPSA) is 12.0 Å². The van der Waals surface area contributed by atoms with Gasteiger partial charge < -0.3 is 5.32 Å². The predicted octanol–water partition coefficient (Wildman–Crippen LogP) is 4.50. The maximum absolute atomic E-state index is 6.19. The summed E-state index contributed by atoms with van der Waals surface area (Å²) in [5.41, 5.74) is 5.96. The number of alkyl halides is 1. The van der Waals surface area contributed by atoms with E-state index in [1.807, 2.05) is 0 Å². The summed E-state index contributed by atoms with van der Waals surface area (Å²) in [5, 5.41) is 3.65. The summed E-state index contributed by atoms with van der Waals surface area (Å²) < 4.78 is 0. The van der Waals surface area contributed by atoms with Crippen LogP contribution in [0.3, 0.4) is 0 Å². The van der Waals surface area contributed by atoms with Crippen LogP contribution in [-0.4, -0.2) is 12.4 Å². The van der Waals surface area contributed by atoms with Crippen LogP contribution in [0, 0.1) is 26.2 Å². The normalized spacial score (nSPS) is 17.9. The second kappa shape index (κ2) is 6.28. The molecule has 1 N–H and O–H groups in total. The fourth-order valence-corrected chi connectivity index (χ4v) is 3.79. The number of benzene rings is 1. The van der Waals surface area contributed by atoms with Gasteiger partial charge in [0.25, 0.3) is 0 Å². The molecule has 0 bridgehead atoms. The van der Waals surface area contributed by atoms with Crippen molar-refractivity contribution < 1.29 is 0 Å². The first-order valence-corrected chi connectivity index (χ1v) is 7.93. The first kappa shape index (κ1) is 14.9. The van der Waals surface area contributed by atoms with Crippen LogP contribution < -0.4 is 5.32 Å². The van der Waals surface area contributed by atoms with E-state index in [0.29, 0.717) is 5.41 Å². The Balaban J connectivity index is 1.96. The van der Waals surface area contributed by atoms with Gasteiger partial charge in [-0.05, 0) is 55.7 Å². The molecule has 0 aliphatic heterocycles. The Kier molecular flexibility index (Phi) is 4.92. The van der Waals surface area contributed by atoms with Crippen LogP contribution in [0.2, 0.25) is 0 Å². The zero-order chi connectivity index (χ0) is 13.9. The standard InChI is InChI=1S/C17H26ClN/c1-13-8-14(2)16(15(3)9-13)10-19-12-17(11-18)6-4-5-7-17/h8-9,19H,4-7,10-12H2,1-3H3. The SMILES string of the molecule is Cc1cc(C)c(CNCC2(CCl)CCCC2)c(C)c1. The molecule has 0 unspecified atom stereocenters. The molecule has 0 heterocycles. The first-order chi connectivity index (χ1) is 9.06. The third-order valence-electron chi connectivity index (χ3n) is 4.59. The number of hydrogen-bond acceptors (Lipinski definition) is 1. The van der Waals surface area contributed by atoms with Crippen LogP contribution in [0.4, 0.5) is 0 Å². The molecule has 1 fully saturated rings. The van der Waals surface area contributed by atoms with Crippen molar-refractivity contribution in [2.24, 2.45) is 5.41 Å². The van der Waals surface area contributed by atoms with Gasteiger partial charge in [-0.2, -0.15) is 0 Å². The van der Waals surface area contributed by atoms with E-state index < -0.39 is 0 Å². The molecule has 2 rings (SSSR count). The Labute approximate surface area is 122 Å². The van der Waals surface area contributed by atoms with E-state index in [9.17, 15) is 0 Å². The van der Waals surface area contributed by atoms with Crippen LogP contribution in [0.25, 0.3) is 0 Å². The molecule has 0 atom stereocenters. The molecule has 1 nitrogen and oxygen atoms in total. The van der Waals surface area contributed by atoms with E-state index in [-0.39, 0.29) is 0 Å². The minimum absolute atomic E-state index is 0.355. The third-order valence-corrected chi connectivity index (χ3v) is 5.16. The molecule has 1 aliphatic carbocycles. The van der Waals surface area contributed by atoms with E-state index >= 15 is 0 Å². The van der Waals surface area contributed by atoms with Crippen molar-refractivity contribution in [1.29, 1.82) is 0 Å². The molecule has 106 valence electrons. The average Bonchev–Trinajstić information content (AvgIpc) is 2.82. The van der Waals surface area contributed by atoms with Crippen molar-refractivity contribution in [2.75, 3.05) is 12.4 Å². The van der Waals surface area contributed by atoms with Crippen LogP contribution in [-0.2, 0) is 6.54 Å². The summed E-state index contributed by atoms with van der Waals surface area (Å²) in [5.74, 6) is 0.797. The fourth-order valence-electron chi connectivity index (χ4n) is 3.42. The Morgan fingerprint density at radius 2 is 1.68 bits per heavy atom. The number of rotatable bonds is 5. The van der Waals surface area contributed by atoms with Crippen LogP contribution >= 0.6 is 11.6 Å². The summed E-state index contributed by atoms with van der Waals surface area (Å²) >= 11 is 6.19. The lowest BCUT2D eigenvalue weighted by Gasteiger charge is -2.27. The summed E-state index contributed by atoms with van der Waals surface area (Å²) in [6.07, 6.45) is 5.26. The third kappa shape index (κ3) is 3.52. The lowest BCUT2D eigenvalue weighted by Crippen LogP contribution is -2.33. The molecule has 1 aromatic carbocycles. The Morgan fingerprint density at radius 1 is 1.11 bits per heavy atom. The van der Waals surface area contributed by atoms with Gasteiger partial charge in [0.15, 0.2) is 0 Å². The molecule has 1 aliphatic rings. The number of hydrogen-bond donors (Lipinski definition) is 1. The van der Waals surface area contributed by atoms with Gasteiger partial charge in [-0.25, -0.2) is 0 Å². The highest BCUT2D eigenvalue weighted by Gasteiger charge is 2.32. The largest absolute Gasteiger partial charge is 0.312 e. The van der Waals surface area contributed by atoms with Crippen LogP contribution in [0.1, 0.15) is 47.9 Å². The molecule has 0 radical (unpaired) electrons. The molecule has 19 heavy (non-hydrogen) atoms. The van der Waals surface area contributed by atoms with Gasteiger partial charge in [0.1, 0.15) is 0 Å². The van der Waals surface area contributed by atoms with Crippen molar-refractivity contribution in [3.8, 4) is 0 Å². The summed E-state index contributed by atoms with van der Waals surface area (Å²) in [4.78, 5) is 0. The first-order valence-electron chi connectivity index (χ1n) is 7.40. The van der Waals surface area contributed by atoms with E-state index in [4.69, 9.17) is 11.6 Å². The van der Waals surface area contributed by atoms with Crippen LogP contribution in [0.15, 0.2) is 12.1 Å². The molecule has 1 saturated carbocycles. The summed E-state index contributed by atoms with van der Waals surface area (Å²) in [6.45, 7) is 8.62. The van der Waals surface area contributed by atoms with Crippen molar-refractivity contribution in [2.45, 2.75) is 53.0 Å². The van der Waals surface area contributed by atoms with E-state index in [2.05, 4.69) is 38.2 Å². The Bertz CT molecular complexity index is 410. The lowest BCUT2D eigenvalue weighted by molar-refractivity contribution is 0.320. The molecule has 0 amide bonds. The monoisotopic (exact) mass is 279 g/mol. The Hall–Kier alpha value is -0.530. The predicted molar refractivity (Wildman–Crippen MR) is 84.0 cm³/mol. The molecular formula is C17H26ClN. The van der Waals surface area contributed by atoms with E-state index in [0.717, 1.165) is 19.0 Å². The molecule has 0 saturated heterocycles. The summed E-state index contributed by atoms with van der Waals surface area (Å²) in [6, 6.07) is 4.55. The minimum atomic E-state index is 0.355. The highest BCUT2D eigenvalue weighted by Crippen LogP contribution is 2.38. The highest BCUT2D eigenvalue weighted by molar-refractivity contribution is 6.18. The van der Waals surface area contributed by atoms with Gasteiger partial charge in [-0.15, -0.1) is 11.6 Å². The van der Waals surface area contributed by atoms with Gasteiger partial charge in [-0.3, -0.25) is 0 Å². The van der Waals surface area contributed by atoms with Gasteiger partial charge in [0.2, 0.25) is 0 Å². The average molecular weight is 280 g/mol. The van der Waals surface area contributed by atoms with E-state index in [1.54, 1.807) is 0 Å². The minimum Gasteiger partial charge on any atom is -0.312 e. The van der Waals surface area contributed by atoms with Gasteiger partial charge >= 0.3 is 0 Å². The second-order valence-electron chi connectivity index (χ2n) is 6.32. The maximum atomic E-state index is 6.19. The number of nitrogens with one attached hydrogen (secondary N) is 1. The van der Waals surface area contributed by atoms with Gasteiger partial charge in [-0.1, -0.05) is 30.5 Å². The smallest absolute Gasteiger partial charge is 0.0292 e. The molecule has 1 aromatic rings. The van der Waals surface area contributed by atoms with Gasteiger partial charge in [0.05, 0.1) is 0 Å². The second-order valence-corrected chi connectivity index (χ2v) is 6.59. The van der Waals surface area contributed by atoms with E-state index in [1.165, 1.54) is 47.9 Å². The van der Waals surface area contributed by atoms with Crippen molar-refractivity contribution in [1.82, 2.24) is 5.32 Å². The van der Waals surface area contributed by atoms with Crippen LogP contribution in [0.5, 0.6) is 0 Å². The fraction of sp³-hybridized carbons (Fsp3) is 0.647. The number of halogens is 1. The molecular weight excluding hydrogens is 254 g/mol. The number of aryl methyl sites for hydroxylation is 3. The van der Waals surface area contributed by atoms with Crippen molar-refractivity contribution >= 4 is 11.6 Å². The lowest BCUT2D eigenvalue weighted by atomic mass is 9.88. The zero-order valence-electron chi connectivity index (χ0n) is 12.5.